The van der Waals surface area contributed by atoms with E-state index >= 15 is 0 Å². The molecule has 3 atom stereocenters. The first-order valence-electron chi connectivity index (χ1n) is 13.4. The van der Waals surface area contributed by atoms with Crippen molar-refractivity contribution in [2.45, 2.75) is 77.2 Å². The average Bonchev–Trinajstić information content (AvgIpc) is 2.90. The van der Waals surface area contributed by atoms with Gasteiger partial charge in [0.25, 0.3) is 11.8 Å². The van der Waals surface area contributed by atoms with E-state index in [9.17, 15) is 27.6 Å². The number of nitrogens with one attached hydrogen (secondary N) is 2. The van der Waals surface area contributed by atoms with E-state index in [2.05, 4.69) is 10.6 Å². The molecule has 0 aromatic heterocycles. The Kier molecular flexibility index (Phi) is 9.87. The van der Waals surface area contributed by atoms with Crippen LogP contribution in [0.4, 0.5) is 18.9 Å². The van der Waals surface area contributed by atoms with Crippen LogP contribution in [0.2, 0.25) is 0 Å². The lowest BCUT2D eigenvalue weighted by Gasteiger charge is -2.42. The van der Waals surface area contributed by atoms with Crippen molar-refractivity contribution in [3.8, 4) is 5.75 Å². The maximum Gasteiger partial charge on any atom is 0.417 e. The molecule has 0 radical (unpaired) electrons. The van der Waals surface area contributed by atoms with Gasteiger partial charge in [0, 0.05) is 45.2 Å². The van der Waals surface area contributed by atoms with Crippen LogP contribution in [0.3, 0.4) is 0 Å². The molecule has 1 fully saturated rings. The van der Waals surface area contributed by atoms with Gasteiger partial charge in [-0.2, -0.15) is 13.2 Å². The number of benzene rings is 1. The number of piperidine rings is 1. The van der Waals surface area contributed by atoms with E-state index in [-0.39, 0.29) is 55.5 Å². The first-order chi connectivity index (χ1) is 18.4. The minimum atomic E-state index is -4.85. The molecule has 2 heterocycles. The summed E-state index contributed by atoms with van der Waals surface area (Å²) in [6.45, 7) is 7.93. The monoisotopic (exact) mass is 556 g/mol. The van der Waals surface area contributed by atoms with Crippen molar-refractivity contribution in [2.75, 3.05) is 44.8 Å². The number of carbonyl (C=O) groups is 3. The highest BCUT2D eigenvalue weighted by molar-refractivity contribution is 6.05. The SMILES string of the molecule is CCC(=O)NCCN1C(=O)[C@](C)(COC)Oc2cc(C(F)(F)F)c(C(=O)N(C(C)CC)[C@@H]3CCCNC3)cc21. The minimum absolute atomic E-state index is 0.0269. The second kappa shape index (κ2) is 12.5. The van der Waals surface area contributed by atoms with E-state index < -0.39 is 34.7 Å². The maximum atomic E-state index is 14.4. The lowest BCUT2D eigenvalue weighted by atomic mass is 9.96. The molecule has 1 aromatic carbocycles. The molecule has 2 aliphatic rings. The summed E-state index contributed by atoms with van der Waals surface area (Å²) in [4.78, 5) is 42.0. The molecular formula is C27H39F3N4O5. The predicted octanol–water partition coefficient (Wildman–Crippen LogP) is 3.35. The highest BCUT2D eigenvalue weighted by Crippen LogP contribution is 2.44. The Hall–Kier alpha value is -2.86. The normalized spacial score (nSPS) is 22.1. The van der Waals surface area contributed by atoms with Crippen molar-refractivity contribution < 1.29 is 37.0 Å². The number of rotatable bonds is 10. The van der Waals surface area contributed by atoms with Gasteiger partial charge in [-0.25, -0.2) is 0 Å². The number of amides is 3. The number of hydrogen-bond donors (Lipinski definition) is 2. The number of alkyl halides is 3. The number of anilines is 1. The van der Waals surface area contributed by atoms with Crippen molar-refractivity contribution in [3.63, 3.8) is 0 Å². The number of fused-ring (bicyclic) bond motifs is 1. The molecule has 1 aromatic rings. The first-order valence-corrected chi connectivity index (χ1v) is 13.4. The van der Waals surface area contributed by atoms with Gasteiger partial charge in [-0.05, 0) is 51.8 Å². The van der Waals surface area contributed by atoms with Gasteiger partial charge in [0.2, 0.25) is 11.5 Å². The predicted molar refractivity (Wildman–Crippen MR) is 140 cm³/mol. The summed E-state index contributed by atoms with van der Waals surface area (Å²) in [6, 6.07) is 1.34. The van der Waals surface area contributed by atoms with Gasteiger partial charge in [-0.15, -0.1) is 0 Å². The Balaban J connectivity index is 2.15. The van der Waals surface area contributed by atoms with Crippen LogP contribution < -0.4 is 20.3 Å². The van der Waals surface area contributed by atoms with Crippen molar-refractivity contribution in [1.82, 2.24) is 15.5 Å². The molecule has 9 nitrogen and oxygen atoms in total. The maximum absolute atomic E-state index is 14.4. The summed E-state index contributed by atoms with van der Waals surface area (Å²) in [5.74, 6) is -1.71. The largest absolute Gasteiger partial charge is 0.473 e. The second-order valence-electron chi connectivity index (χ2n) is 10.3. The van der Waals surface area contributed by atoms with Gasteiger partial charge < -0.3 is 29.9 Å². The lowest BCUT2D eigenvalue weighted by Crippen LogP contribution is -2.58. The third-order valence-electron chi connectivity index (χ3n) is 7.32. The summed E-state index contributed by atoms with van der Waals surface area (Å²) in [5, 5.41) is 5.91. The Morgan fingerprint density at radius 1 is 1.33 bits per heavy atom. The van der Waals surface area contributed by atoms with Crippen LogP contribution in [-0.2, 0) is 20.5 Å². The molecule has 0 bridgehead atoms. The number of halogens is 3. The van der Waals surface area contributed by atoms with E-state index in [1.807, 2.05) is 13.8 Å². The fraction of sp³-hybridized carbons (Fsp3) is 0.667. The van der Waals surface area contributed by atoms with Gasteiger partial charge in [0.1, 0.15) is 5.75 Å². The van der Waals surface area contributed by atoms with E-state index in [0.717, 1.165) is 25.1 Å². The molecule has 12 heteroatoms. The summed E-state index contributed by atoms with van der Waals surface area (Å²) < 4.78 is 54.2. The highest BCUT2D eigenvalue weighted by atomic mass is 19.4. The molecule has 0 saturated carbocycles. The van der Waals surface area contributed by atoms with Gasteiger partial charge in [0.05, 0.1) is 23.4 Å². The number of methoxy groups -OCH3 is 1. The molecule has 39 heavy (non-hydrogen) atoms. The van der Waals surface area contributed by atoms with E-state index in [1.54, 1.807) is 6.92 Å². The van der Waals surface area contributed by atoms with Crippen LogP contribution in [0.15, 0.2) is 12.1 Å². The third-order valence-corrected chi connectivity index (χ3v) is 7.32. The van der Waals surface area contributed by atoms with Crippen LogP contribution in [0, 0.1) is 0 Å². The molecule has 3 rings (SSSR count). The summed E-state index contributed by atoms with van der Waals surface area (Å²) in [7, 11) is 1.36. The summed E-state index contributed by atoms with van der Waals surface area (Å²) in [6.07, 6.45) is -2.57. The Bertz CT molecular complexity index is 1060. The van der Waals surface area contributed by atoms with Crippen LogP contribution in [0.25, 0.3) is 0 Å². The molecule has 2 aliphatic heterocycles. The quantitative estimate of drug-likeness (QED) is 0.459. The molecule has 0 spiro atoms. The number of hydrogen-bond acceptors (Lipinski definition) is 6. The molecule has 3 amide bonds. The van der Waals surface area contributed by atoms with Gasteiger partial charge >= 0.3 is 6.18 Å². The van der Waals surface area contributed by atoms with Gasteiger partial charge in [-0.1, -0.05) is 13.8 Å². The smallest absolute Gasteiger partial charge is 0.417 e. The Labute approximate surface area is 227 Å². The van der Waals surface area contributed by atoms with Crippen molar-refractivity contribution in [2.24, 2.45) is 0 Å². The molecule has 2 N–H and O–H groups in total. The fourth-order valence-corrected chi connectivity index (χ4v) is 5.11. The van der Waals surface area contributed by atoms with E-state index in [4.69, 9.17) is 9.47 Å². The van der Waals surface area contributed by atoms with Gasteiger partial charge in [0.15, 0.2) is 0 Å². The van der Waals surface area contributed by atoms with Crippen molar-refractivity contribution >= 4 is 23.4 Å². The zero-order valence-electron chi connectivity index (χ0n) is 23.2. The zero-order valence-corrected chi connectivity index (χ0v) is 23.2. The van der Waals surface area contributed by atoms with Crippen LogP contribution in [0.1, 0.15) is 69.3 Å². The number of nitrogens with zero attached hydrogens (tertiary/aromatic N) is 2. The third kappa shape index (κ3) is 6.66. The van der Waals surface area contributed by atoms with E-state index in [1.165, 1.54) is 23.8 Å². The van der Waals surface area contributed by atoms with Crippen molar-refractivity contribution in [3.05, 3.63) is 23.3 Å². The molecule has 218 valence electrons. The first kappa shape index (κ1) is 30.7. The van der Waals surface area contributed by atoms with Crippen LogP contribution in [-0.4, -0.2) is 80.2 Å². The lowest BCUT2D eigenvalue weighted by molar-refractivity contribution is -0.140. The molecule has 0 aliphatic carbocycles. The molecular weight excluding hydrogens is 517 g/mol. The average molecular weight is 557 g/mol. The van der Waals surface area contributed by atoms with Crippen LogP contribution in [0.5, 0.6) is 5.75 Å². The van der Waals surface area contributed by atoms with E-state index in [0.29, 0.717) is 19.4 Å². The molecule has 1 unspecified atom stereocenters. The number of ether oxygens (including phenoxy) is 2. The minimum Gasteiger partial charge on any atom is -0.473 e. The summed E-state index contributed by atoms with van der Waals surface area (Å²) >= 11 is 0. The Morgan fingerprint density at radius 2 is 2.05 bits per heavy atom. The second-order valence-corrected chi connectivity index (χ2v) is 10.3. The van der Waals surface area contributed by atoms with Gasteiger partial charge in [-0.3, -0.25) is 14.4 Å². The zero-order chi connectivity index (χ0) is 29.0. The van der Waals surface area contributed by atoms with Crippen molar-refractivity contribution in [1.29, 1.82) is 0 Å². The highest BCUT2D eigenvalue weighted by Gasteiger charge is 2.47. The fourth-order valence-electron chi connectivity index (χ4n) is 5.11. The van der Waals surface area contributed by atoms with Crippen LogP contribution >= 0.6 is 0 Å². The number of carbonyl (C=O) groups excluding carboxylic acids is 3. The topological polar surface area (TPSA) is 100 Å². The summed E-state index contributed by atoms with van der Waals surface area (Å²) in [5.41, 5.74) is -3.22. The molecule has 1 saturated heterocycles. The standard InChI is InChI=1S/C27H39F3N4O5/c1-6-17(3)34(18-9-8-10-31-15-18)24(36)19-13-21-22(14-20(19)27(28,29)30)39-26(4,16-38-5)25(37)33(21)12-11-32-23(35)7-2/h13-14,17-18,31H,6-12,15-16H2,1-5H3,(H,32,35)/t17?,18-,26+/m1/s1. The Morgan fingerprint density at radius 3 is 2.62 bits per heavy atom.